The Balaban J connectivity index is 2.99. The van der Waals surface area contributed by atoms with Crippen LogP contribution in [0.1, 0.15) is 0 Å². The van der Waals surface area contributed by atoms with Crippen molar-refractivity contribution in [1.29, 1.82) is 0 Å². The molecule has 7 heteroatoms. The molecule has 0 heterocycles. The van der Waals surface area contributed by atoms with Crippen molar-refractivity contribution >= 4 is 12.6 Å². The van der Waals surface area contributed by atoms with Gasteiger partial charge >= 0.3 is 7.12 Å². The summed E-state index contributed by atoms with van der Waals surface area (Å²) in [5, 5.41) is 16.3. The number of rotatable bonds is 3. The van der Waals surface area contributed by atoms with Gasteiger partial charge in [-0.3, -0.25) is 20.1 Å². The molecule has 0 bridgehead atoms. The lowest BCUT2D eigenvalue weighted by Gasteiger charge is -2.05. The summed E-state index contributed by atoms with van der Waals surface area (Å²) in [6.07, 6.45) is 0. The molecule has 0 aliphatic heterocycles. The molecule has 0 atom stereocenters. The number of hydrogen-bond acceptors (Lipinski definition) is 4. The molecule has 0 saturated carbocycles. The summed E-state index contributed by atoms with van der Waals surface area (Å²) < 4.78 is 25.2. The second-order valence-corrected chi connectivity index (χ2v) is 2.21. The highest BCUT2D eigenvalue weighted by atomic mass is 19.1. The standard InChI is InChI=1S/C6H5BF2O4/c8-4-1-2-5(6(9)3-4)7(12-10)13-11/h1-3,10-11H. The second-order valence-electron chi connectivity index (χ2n) is 2.21. The van der Waals surface area contributed by atoms with Crippen LogP contribution >= 0.6 is 0 Å². The molecule has 1 aromatic rings. The lowest BCUT2D eigenvalue weighted by molar-refractivity contribution is -0.221. The zero-order valence-corrected chi connectivity index (χ0v) is 6.28. The first-order valence-corrected chi connectivity index (χ1v) is 3.24. The predicted molar refractivity (Wildman–Crippen MR) is 39.2 cm³/mol. The molecule has 0 unspecified atom stereocenters. The predicted octanol–water partition coefficient (Wildman–Crippen LogP) is 0.639. The zero-order chi connectivity index (χ0) is 9.84. The van der Waals surface area contributed by atoms with Gasteiger partial charge in [0.1, 0.15) is 11.6 Å². The SMILES string of the molecule is OOB(OO)c1ccc(F)cc1F. The van der Waals surface area contributed by atoms with Crippen LogP contribution in [0, 0.1) is 11.6 Å². The van der Waals surface area contributed by atoms with E-state index in [0.29, 0.717) is 6.07 Å². The van der Waals surface area contributed by atoms with E-state index in [0.717, 1.165) is 12.1 Å². The molecule has 13 heavy (non-hydrogen) atoms. The molecule has 0 aliphatic carbocycles. The summed E-state index contributed by atoms with van der Waals surface area (Å²) in [5.41, 5.74) is -0.314. The van der Waals surface area contributed by atoms with Gasteiger partial charge in [0, 0.05) is 11.5 Å². The summed E-state index contributed by atoms with van der Waals surface area (Å²) in [7, 11) is -1.68. The Morgan fingerprint density at radius 3 is 2.23 bits per heavy atom. The van der Waals surface area contributed by atoms with Crippen molar-refractivity contribution in [3.63, 3.8) is 0 Å². The summed E-state index contributed by atoms with van der Waals surface area (Å²) in [4.78, 5) is 7.14. The molecule has 0 aliphatic rings. The molecule has 0 aromatic heterocycles. The third-order valence-corrected chi connectivity index (χ3v) is 1.41. The molecular weight excluding hydrogens is 185 g/mol. The maximum absolute atomic E-state index is 12.9. The summed E-state index contributed by atoms with van der Waals surface area (Å²) >= 11 is 0. The highest BCUT2D eigenvalue weighted by Gasteiger charge is 2.25. The van der Waals surface area contributed by atoms with Crippen LogP contribution in [-0.4, -0.2) is 17.6 Å². The first-order chi connectivity index (χ1) is 6.19. The highest BCUT2D eigenvalue weighted by Crippen LogP contribution is 2.01. The Morgan fingerprint density at radius 1 is 1.15 bits per heavy atom. The van der Waals surface area contributed by atoms with Crippen molar-refractivity contribution in [1.82, 2.24) is 0 Å². The molecule has 0 amide bonds. The van der Waals surface area contributed by atoms with E-state index in [1.54, 1.807) is 0 Å². The van der Waals surface area contributed by atoms with Crippen molar-refractivity contribution in [3.05, 3.63) is 29.8 Å². The highest BCUT2D eigenvalue weighted by molar-refractivity contribution is 6.60. The molecule has 1 rings (SSSR count). The van der Waals surface area contributed by atoms with Gasteiger partial charge in [-0.2, -0.15) is 0 Å². The lowest BCUT2D eigenvalue weighted by Crippen LogP contribution is -2.37. The smallest absolute Gasteiger partial charge is 0.264 e. The second kappa shape index (κ2) is 4.29. The molecular formula is C6H5BF2O4. The average molecular weight is 190 g/mol. The van der Waals surface area contributed by atoms with Crippen molar-refractivity contribution < 1.29 is 28.9 Å². The van der Waals surface area contributed by atoms with Gasteiger partial charge in [-0.05, 0) is 6.07 Å². The van der Waals surface area contributed by atoms with Crippen LogP contribution in [0.5, 0.6) is 0 Å². The topological polar surface area (TPSA) is 58.9 Å². The van der Waals surface area contributed by atoms with Crippen LogP contribution in [0.25, 0.3) is 0 Å². The van der Waals surface area contributed by atoms with E-state index in [4.69, 9.17) is 10.5 Å². The maximum Gasteiger partial charge on any atom is 0.557 e. The minimum Gasteiger partial charge on any atom is -0.264 e. The Morgan fingerprint density at radius 2 is 1.77 bits per heavy atom. The molecule has 0 spiro atoms. The molecule has 0 fully saturated rings. The third-order valence-electron chi connectivity index (χ3n) is 1.41. The third kappa shape index (κ3) is 2.22. The maximum atomic E-state index is 12.9. The fraction of sp³-hybridized carbons (Fsp3) is 0. The minimum absolute atomic E-state index is 0.314. The van der Waals surface area contributed by atoms with Crippen molar-refractivity contribution in [2.24, 2.45) is 0 Å². The Labute approximate surface area is 72.3 Å². The van der Waals surface area contributed by atoms with Crippen LogP contribution in [0.15, 0.2) is 18.2 Å². The number of halogens is 2. The van der Waals surface area contributed by atoms with E-state index in [1.807, 2.05) is 0 Å². The van der Waals surface area contributed by atoms with Crippen LogP contribution < -0.4 is 5.46 Å². The normalized spacial score (nSPS) is 10.2. The van der Waals surface area contributed by atoms with Gasteiger partial charge < -0.3 is 0 Å². The zero-order valence-electron chi connectivity index (χ0n) is 6.28. The van der Waals surface area contributed by atoms with Crippen LogP contribution in [0.4, 0.5) is 8.78 Å². The van der Waals surface area contributed by atoms with E-state index in [1.165, 1.54) is 0 Å². The Hall–Kier alpha value is -1.02. The van der Waals surface area contributed by atoms with Crippen molar-refractivity contribution in [2.75, 3.05) is 0 Å². The lowest BCUT2D eigenvalue weighted by atomic mass is 9.79. The first-order valence-electron chi connectivity index (χ1n) is 3.24. The number of hydrogen-bond donors (Lipinski definition) is 2. The Kier molecular flexibility index (Phi) is 3.32. The van der Waals surface area contributed by atoms with Crippen LogP contribution in [0.2, 0.25) is 0 Å². The monoisotopic (exact) mass is 190 g/mol. The molecule has 4 nitrogen and oxygen atoms in total. The quantitative estimate of drug-likeness (QED) is 0.417. The van der Waals surface area contributed by atoms with Crippen molar-refractivity contribution in [2.45, 2.75) is 0 Å². The fourth-order valence-corrected chi connectivity index (χ4v) is 0.825. The molecule has 0 radical (unpaired) electrons. The molecule has 2 N–H and O–H groups in total. The first kappa shape index (κ1) is 10.1. The molecule has 1 aromatic carbocycles. The van der Waals surface area contributed by atoms with Gasteiger partial charge in [-0.15, -0.1) is 0 Å². The fourth-order valence-electron chi connectivity index (χ4n) is 0.825. The molecule has 0 saturated heterocycles. The van der Waals surface area contributed by atoms with E-state index >= 15 is 0 Å². The number of benzene rings is 1. The largest absolute Gasteiger partial charge is 0.557 e. The van der Waals surface area contributed by atoms with E-state index in [2.05, 4.69) is 9.61 Å². The Bertz CT molecular complexity index is 292. The van der Waals surface area contributed by atoms with E-state index in [-0.39, 0.29) is 5.46 Å². The van der Waals surface area contributed by atoms with Gasteiger partial charge in [0.2, 0.25) is 0 Å². The van der Waals surface area contributed by atoms with Gasteiger partial charge in [0.25, 0.3) is 0 Å². The van der Waals surface area contributed by atoms with Crippen LogP contribution in [-0.2, 0) is 9.61 Å². The summed E-state index contributed by atoms with van der Waals surface area (Å²) in [6.45, 7) is 0. The van der Waals surface area contributed by atoms with E-state index in [9.17, 15) is 8.78 Å². The van der Waals surface area contributed by atoms with Gasteiger partial charge in [-0.1, -0.05) is 6.07 Å². The van der Waals surface area contributed by atoms with E-state index < -0.39 is 18.8 Å². The van der Waals surface area contributed by atoms with Gasteiger partial charge in [0.15, 0.2) is 0 Å². The minimum atomic E-state index is -1.68. The molecule has 70 valence electrons. The summed E-state index contributed by atoms with van der Waals surface area (Å²) in [6, 6.07) is 2.48. The van der Waals surface area contributed by atoms with Gasteiger partial charge in [-0.25, -0.2) is 8.78 Å². The summed E-state index contributed by atoms with van der Waals surface area (Å²) in [5.74, 6) is -1.77. The van der Waals surface area contributed by atoms with Crippen molar-refractivity contribution in [3.8, 4) is 0 Å². The van der Waals surface area contributed by atoms with Crippen LogP contribution in [0.3, 0.4) is 0 Å². The van der Waals surface area contributed by atoms with Gasteiger partial charge in [0.05, 0.1) is 0 Å². The average Bonchev–Trinajstić information content (AvgIpc) is 2.10.